The quantitative estimate of drug-likeness (QED) is 0.687. The van der Waals surface area contributed by atoms with Crippen LogP contribution in [0.4, 0.5) is 0 Å². The first-order chi connectivity index (χ1) is 6.56. The molecule has 1 unspecified atom stereocenters. The van der Waals surface area contributed by atoms with Gasteiger partial charge in [-0.1, -0.05) is 13.8 Å². The minimum Gasteiger partial charge on any atom is -0.298 e. The van der Waals surface area contributed by atoms with E-state index < -0.39 is 0 Å². The Morgan fingerprint density at radius 2 is 2.07 bits per heavy atom. The number of likely N-dealkylation sites (tertiary alicyclic amines) is 1. The van der Waals surface area contributed by atoms with E-state index in [1.807, 2.05) is 6.92 Å². The summed E-state index contributed by atoms with van der Waals surface area (Å²) in [6.07, 6.45) is 3.45. The van der Waals surface area contributed by atoms with E-state index in [4.69, 9.17) is 0 Å². The van der Waals surface area contributed by atoms with Gasteiger partial charge in [0.1, 0.15) is 5.78 Å². The summed E-state index contributed by atoms with van der Waals surface area (Å²) >= 11 is 0. The lowest BCUT2D eigenvalue weighted by Crippen LogP contribution is -2.65. The topological polar surface area (TPSA) is 20.3 Å². The van der Waals surface area contributed by atoms with Crippen LogP contribution in [0.15, 0.2) is 0 Å². The highest BCUT2D eigenvalue weighted by atomic mass is 16.1. The number of ketones is 1. The molecule has 0 aromatic rings. The molecule has 1 atom stereocenters. The van der Waals surface area contributed by atoms with Crippen molar-refractivity contribution in [1.82, 2.24) is 4.90 Å². The highest BCUT2D eigenvalue weighted by Gasteiger charge is 2.52. The van der Waals surface area contributed by atoms with Crippen LogP contribution in [0.1, 0.15) is 40.0 Å². The molecule has 2 nitrogen and oxygen atoms in total. The van der Waals surface area contributed by atoms with Crippen LogP contribution in [0.25, 0.3) is 0 Å². The maximum atomic E-state index is 11.5. The molecular formula is C12H21NO. The second-order valence-electron chi connectivity index (χ2n) is 5.41. The molecule has 1 aliphatic heterocycles. The molecule has 2 fully saturated rings. The zero-order chi connectivity index (χ0) is 10.3. The zero-order valence-electron chi connectivity index (χ0n) is 9.55. The van der Waals surface area contributed by atoms with Crippen molar-refractivity contribution in [1.29, 1.82) is 0 Å². The van der Waals surface area contributed by atoms with Gasteiger partial charge < -0.3 is 0 Å². The average Bonchev–Trinajstić information content (AvgIpc) is 2.06. The first-order valence-corrected chi connectivity index (χ1v) is 5.83. The van der Waals surface area contributed by atoms with Crippen LogP contribution in [0.3, 0.4) is 0 Å². The summed E-state index contributed by atoms with van der Waals surface area (Å²) in [5.74, 6) is 1.32. The van der Waals surface area contributed by atoms with Crippen LogP contribution in [0.5, 0.6) is 0 Å². The van der Waals surface area contributed by atoms with Crippen LogP contribution in [0.2, 0.25) is 0 Å². The smallest absolute Gasteiger partial charge is 0.149 e. The maximum Gasteiger partial charge on any atom is 0.149 e. The molecule has 1 heterocycles. The third kappa shape index (κ3) is 1.50. The van der Waals surface area contributed by atoms with Crippen molar-refractivity contribution in [3.05, 3.63) is 0 Å². The summed E-state index contributed by atoms with van der Waals surface area (Å²) in [5, 5.41) is 0. The fourth-order valence-corrected chi connectivity index (χ4v) is 3.27. The molecule has 1 aliphatic carbocycles. The van der Waals surface area contributed by atoms with E-state index in [1.54, 1.807) is 0 Å². The molecule has 80 valence electrons. The van der Waals surface area contributed by atoms with Gasteiger partial charge in [-0.25, -0.2) is 0 Å². The summed E-state index contributed by atoms with van der Waals surface area (Å²) in [6.45, 7) is 8.68. The van der Waals surface area contributed by atoms with Gasteiger partial charge in [0, 0.05) is 19.5 Å². The SMILES string of the molecule is CCC(=O)C(C)N1CC2(CC(C)C2)C1. The van der Waals surface area contributed by atoms with E-state index >= 15 is 0 Å². The fraction of sp³-hybridized carbons (Fsp3) is 0.917. The predicted octanol–water partition coefficient (Wildman–Crippen LogP) is 2.09. The first-order valence-electron chi connectivity index (χ1n) is 5.83. The monoisotopic (exact) mass is 195 g/mol. The van der Waals surface area contributed by atoms with E-state index in [9.17, 15) is 4.79 Å². The summed E-state index contributed by atoms with van der Waals surface area (Å²) in [4.78, 5) is 13.8. The Balaban J connectivity index is 1.80. The number of nitrogens with zero attached hydrogens (tertiary/aromatic N) is 1. The number of hydrogen-bond acceptors (Lipinski definition) is 2. The number of Topliss-reactive ketones (excluding diaryl/α,β-unsaturated/α-hetero) is 1. The predicted molar refractivity (Wildman–Crippen MR) is 57.2 cm³/mol. The van der Waals surface area contributed by atoms with Crippen molar-refractivity contribution in [2.24, 2.45) is 11.3 Å². The lowest BCUT2D eigenvalue weighted by Gasteiger charge is -2.60. The summed E-state index contributed by atoms with van der Waals surface area (Å²) in [6, 6.07) is 0.168. The van der Waals surface area contributed by atoms with E-state index in [-0.39, 0.29) is 6.04 Å². The zero-order valence-corrected chi connectivity index (χ0v) is 9.55. The standard InChI is InChI=1S/C12H21NO/c1-4-11(14)10(3)13-7-12(8-13)5-9(2)6-12/h9-10H,4-8H2,1-3H3. The van der Waals surface area contributed by atoms with Crippen LogP contribution in [-0.2, 0) is 4.79 Å². The Morgan fingerprint density at radius 3 is 2.50 bits per heavy atom. The van der Waals surface area contributed by atoms with Gasteiger partial charge in [0.15, 0.2) is 0 Å². The van der Waals surface area contributed by atoms with Gasteiger partial charge in [-0.15, -0.1) is 0 Å². The van der Waals surface area contributed by atoms with Crippen LogP contribution in [-0.4, -0.2) is 29.8 Å². The molecule has 2 rings (SSSR count). The van der Waals surface area contributed by atoms with Crippen molar-refractivity contribution in [3.8, 4) is 0 Å². The second kappa shape index (κ2) is 3.34. The molecule has 14 heavy (non-hydrogen) atoms. The first kappa shape index (κ1) is 10.2. The van der Waals surface area contributed by atoms with E-state index in [2.05, 4.69) is 18.7 Å². The van der Waals surface area contributed by atoms with Crippen LogP contribution >= 0.6 is 0 Å². The summed E-state index contributed by atoms with van der Waals surface area (Å²) in [5.41, 5.74) is 0.627. The Kier molecular flexibility index (Phi) is 2.42. The summed E-state index contributed by atoms with van der Waals surface area (Å²) in [7, 11) is 0. The third-order valence-corrected chi connectivity index (χ3v) is 4.00. The molecule has 2 heteroatoms. The largest absolute Gasteiger partial charge is 0.298 e. The molecule has 0 aromatic heterocycles. The van der Waals surface area contributed by atoms with Gasteiger partial charge in [0.05, 0.1) is 6.04 Å². The molecular weight excluding hydrogens is 174 g/mol. The molecule has 0 bridgehead atoms. The van der Waals surface area contributed by atoms with Gasteiger partial charge in [0.2, 0.25) is 0 Å². The number of hydrogen-bond donors (Lipinski definition) is 0. The molecule has 1 spiro atoms. The maximum absolute atomic E-state index is 11.5. The summed E-state index contributed by atoms with van der Waals surface area (Å²) < 4.78 is 0. The molecule has 0 radical (unpaired) electrons. The Hall–Kier alpha value is -0.370. The van der Waals surface area contributed by atoms with Gasteiger partial charge in [0.25, 0.3) is 0 Å². The fourth-order valence-electron chi connectivity index (χ4n) is 3.27. The van der Waals surface area contributed by atoms with Crippen molar-refractivity contribution in [3.63, 3.8) is 0 Å². The number of rotatable bonds is 3. The lowest BCUT2D eigenvalue weighted by atomic mass is 9.58. The lowest BCUT2D eigenvalue weighted by molar-refractivity contribution is -0.138. The van der Waals surface area contributed by atoms with E-state index in [0.717, 1.165) is 5.92 Å². The number of carbonyl (C=O) groups excluding carboxylic acids is 1. The Bertz CT molecular complexity index is 235. The molecule has 0 amide bonds. The van der Waals surface area contributed by atoms with E-state index in [1.165, 1.54) is 25.9 Å². The van der Waals surface area contributed by atoms with Gasteiger partial charge in [-0.05, 0) is 31.1 Å². The van der Waals surface area contributed by atoms with Gasteiger partial charge >= 0.3 is 0 Å². The average molecular weight is 195 g/mol. The minimum atomic E-state index is 0.168. The molecule has 2 aliphatic rings. The van der Waals surface area contributed by atoms with Crippen molar-refractivity contribution >= 4 is 5.78 Å². The van der Waals surface area contributed by atoms with Crippen LogP contribution < -0.4 is 0 Å². The molecule has 1 saturated carbocycles. The van der Waals surface area contributed by atoms with Gasteiger partial charge in [-0.3, -0.25) is 9.69 Å². The highest BCUT2D eigenvalue weighted by molar-refractivity contribution is 5.83. The Labute approximate surface area is 86.7 Å². The highest BCUT2D eigenvalue weighted by Crippen LogP contribution is 2.52. The van der Waals surface area contributed by atoms with Crippen molar-refractivity contribution in [2.75, 3.05) is 13.1 Å². The molecule has 1 saturated heterocycles. The normalized spacial score (nSPS) is 28.2. The molecule has 0 N–H and O–H groups in total. The third-order valence-electron chi connectivity index (χ3n) is 4.00. The van der Waals surface area contributed by atoms with Crippen molar-refractivity contribution in [2.45, 2.75) is 46.1 Å². The minimum absolute atomic E-state index is 0.168. The van der Waals surface area contributed by atoms with E-state index in [0.29, 0.717) is 17.6 Å². The van der Waals surface area contributed by atoms with Gasteiger partial charge in [-0.2, -0.15) is 0 Å². The molecule has 0 aromatic carbocycles. The Morgan fingerprint density at radius 1 is 1.50 bits per heavy atom. The second-order valence-corrected chi connectivity index (χ2v) is 5.41. The van der Waals surface area contributed by atoms with Crippen molar-refractivity contribution < 1.29 is 4.79 Å². The van der Waals surface area contributed by atoms with Crippen LogP contribution in [0, 0.1) is 11.3 Å². The number of carbonyl (C=O) groups is 1.